The van der Waals surface area contributed by atoms with Crippen molar-refractivity contribution in [2.45, 2.75) is 27.2 Å². The Kier molecular flexibility index (Phi) is 5.28. The Morgan fingerprint density at radius 1 is 1.35 bits per heavy atom. The van der Waals surface area contributed by atoms with Crippen molar-refractivity contribution in [1.82, 2.24) is 10.2 Å². The molecule has 23 heavy (non-hydrogen) atoms. The van der Waals surface area contributed by atoms with Crippen molar-refractivity contribution < 1.29 is 14.3 Å². The first-order chi connectivity index (χ1) is 11.0. The van der Waals surface area contributed by atoms with E-state index in [4.69, 9.17) is 4.74 Å². The second kappa shape index (κ2) is 7.19. The highest BCUT2D eigenvalue weighted by molar-refractivity contribution is 7.16. The number of esters is 1. The number of aromatic amines is 1. The number of rotatable bonds is 5. The van der Waals surface area contributed by atoms with Gasteiger partial charge in [-0.05, 0) is 31.9 Å². The maximum atomic E-state index is 12.2. The molecule has 0 radical (unpaired) electrons. The zero-order chi connectivity index (χ0) is 17.0. The minimum Gasteiger partial charge on any atom is -0.462 e. The summed E-state index contributed by atoms with van der Waals surface area (Å²) < 4.78 is 5.08. The van der Waals surface area contributed by atoms with E-state index in [-0.39, 0.29) is 12.3 Å². The number of nitrogens with zero attached hydrogens (tertiary/aromatic N) is 1. The van der Waals surface area contributed by atoms with Gasteiger partial charge in [0.25, 0.3) is 11.5 Å². The molecule has 0 spiro atoms. The largest absolute Gasteiger partial charge is 0.462 e. The molecule has 1 amide bonds. The molecule has 0 atom stereocenters. The number of ether oxygens (including phenoxy) is 1. The van der Waals surface area contributed by atoms with Gasteiger partial charge in [-0.2, -0.15) is 5.10 Å². The monoisotopic (exact) mass is 335 g/mol. The quantitative estimate of drug-likeness (QED) is 0.815. The topological polar surface area (TPSA) is 101 Å². The SMILES string of the molecule is CCOC(=O)c1c(NC(=O)c2ccc(=O)[nH]n2)sc(C)c1CC. The lowest BCUT2D eigenvalue weighted by atomic mass is 10.1. The number of aromatic nitrogens is 2. The fourth-order valence-electron chi connectivity index (χ4n) is 2.15. The summed E-state index contributed by atoms with van der Waals surface area (Å²) in [5.41, 5.74) is 0.908. The molecule has 7 nitrogen and oxygen atoms in total. The second-order valence-electron chi connectivity index (χ2n) is 4.68. The molecule has 0 aromatic carbocycles. The first kappa shape index (κ1) is 16.9. The third-order valence-corrected chi connectivity index (χ3v) is 4.24. The van der Waals surface area contributed by atoms with E-state index in [2.05, 4.69) is 15.5 Å². The Labute approximate surface area is 136 Å². The summed E-state index contributed by atoms with van der Waals surface area (Å²) in [6, 6.07) is 2.53. The van der Waals surface area contributed by atoms with Crippen molar-refractivity contribution >= 4 is 28.2 Å². The van der Waals surface area contributed by atoms with Crippen LogP contribution in [0.2, 0.25) is 0 Å². The summed E-state index contributed by atoms with van der Waals surface area (Å²) in [4.78, 5) is 36.4. The van der Waals surface area contributed by atoms with Gasteiger partial charge in [0.15, 0.2) is 0 Å². The van der Waals surface area contributed by atoms with E-state index >= 15 is 0 Å². The number of nitrogens with one attached hydrogen (secondary N) is 2. The average molecular weight is 335 g/mol. The summed E-state index contributed by atoms with van der Waals surface area (Å²) >= 11 is 1.31. The van der Waals surface area contributed by atoms with Gasteiger partial charge < -0.3 is 10.1 Å². The minimum atomic E-state index is -0.504. The molecule has 2 heterocycles. The number of amides is 1. The maximum Gasteiger partial charge on any atom is 0.341 e. The molecule has 2 N–H and O–H groups in total. The van der Waals surface area contributed by atoms with Crippen molar-refractivity contribution in [3.05, 3.63) is 44.2 Å². The average Bonchev–Trinajstić information content (AvgIpc) is 2.83. The molecule has 2 rings (SSSR count). The van der Waals surface area contributed by atoms with Crippen LogP contribution in [0.3, 0.4) is 0 Å². The molecule has 0 saturated heterocycles. The van der Waals surface area contributed by atoms with Gasteiger partial charge in [0.1, 0.15) is 10.7 Å². The van der Waals surface area contributed by atoms with Gasteiger partial charge >= 0.3 is 5.97 Å². The van der Waals surface area contributed by atoms with Crippen LogP contribution < -0.4 is 10.9 Å². The van der Waals surface area contributed by atoms with Crippen LogP contribution in [0.4, 0.5) is 5.00 Å². The van der Waals surface area contributed by atoms with Gasteiger partial charge in [0.05, 0.1) is 12.2 Å². The standard InChI is InChI=1S/C15H17N3O4S/c1-4-9-8(3)23-14(12(9)15(21)22-5-2)16-13(20)10-6-7-11(19)18-17-10/h6-7H,4-5H2,1-3H3,(H,16,20)(H,18,19). The minimum absolute atomic E-state index is 0.0588. The van der Waals surface area contributed by atoms with Crippen molar-refractivity contribution in [2.24, 2.45) is 0 Å². The fourth-order valence-corrected chi connectivity index (χ4v) is 3.28. The van der Waals surface area contributed by atoms with Crippen LogP contribution in [-0.2, 0) is 11.2 Å². The van der Waals surface area contributed by atoms with E-state index in [0.29, 0.717) is 17.0 Å². The first-order valence-corrected chi connectivity index (χ1v) is 7.96. The number of aryl methyl sites for hydroxylation is 1. The lowest BCUT2D eigenvalue weighted by molar-refractivity contribution is 0.0527. The third kappa shape index (κ3) is 3.65. The number of hydrogen-bond donors (Lipinski definition) is 2. The van der Waals surface area contributed by atoms with Crippen LogP contribution in [0.15, 0.2) is 16.9 Å². The number of carbonyl (C=O) groups excluding carboxylic acids is 2. The highest BCUT2D eigenvalue weighted by Crippen LogP contribution is 2.34. The van der Waals surface area contributed by atoms with Gasteiger partial charge in [-0.15, -0.1) is 11.3 Å². The van der Waals surface area contributed by atoms with Crippen molar-refractivity contribution in [3.8, 4) is 0 Å². The predicted octanol–water partition coefficient (Wildman–Crippen LogP) is 2.13. The first-order valence-electron chi connectivity index (χ1n) is 7.14. The van der Waals surface area contributed by atoms with Crippen molar-refractivity contribution in [2.75, 3.05) is 11.9 Å². The molecule has 8 heteroatoms. The molecular weight excluding hydrogens is 318 g/mol. The summed E-state index contributed by atoms with van der Waals surface area (Å²) in [6.07, 6.45) is 0.656. The zero-order valence-electron chi connectivity index (χ0n) is 13.1. The Morgan fingerprint density at radius 2 is 2.09 bits per heavy atom. The normalized spacial score (nSPS) is 10.4. The van der Waals surface area contributed by atoms with Gasteiger partial charge in [-0.3, -0.25) is 9.59 Å². The predicted molar refractivity (Wildman–Crippen MR) is 87.2 cm³/mol. The number of anilines is 1. The Bertz CT molecular complexity index is 774. The summed E-state index contributed by atoms with van der Waals surface area (Å²) in [5.74, 6) is -0.964. The van der Waals surface area contributed by atoms with Gasteiger partial charge in [0.2, 0.25) is 0 Å². The molecule has 0 aliphatic heterocycles. The highest BCUT2D eigenvalue weighted by Gasteiger charge is 2.24. The van der Waals surface area contributed by atoms with E-state index in [0.717, 1.165) is 10.4 Å². The molecule has 0 saturated carbocycles. The Balaban J connectivity index is 2.35. The molecule has 0 unspecified atom stereocenters. The third-order valence-electron chi connectivity index (χ3n) is 3.18. The number of hydrogen-bond acceptors (Lipinski definition) is 6. The maximum absolute atomic E-state index is 12.2. The summed E-state index contributed by atoms with van der Waals surface area (Å²) in [6.45, 7) is 5.81. The van der Waals surface area contributed by atoms with Gasteiger partial charge in [0, 0.05) is 10.9 Å². The molecule has 0 bridgehead atoms. The number of carbonyl (C=O) groups is 2. The number of thiophene rings is 1. The van der Waals surface area contributed by atoms with E-state index in [1.807, 2.05) is 13.8 Å². The van der Waals surface area contributed by atoms with E-state index < -0.39 is 17.4 Å². The van der Waals surface area contributed by atoms with Crippen LogP contribution in [-0.4, -0.2) is 28.7 Å². The molecule has 0 aliphatic carbocycles. The van der Waals surface area contributed by atoms with Crippen molar-refractivity contribution in [3.63, 3.8) is 0 Å². The summed E-state index contributed by atoms with van der Waals surface area (Å²) in [7, 11) is 0. The molecule has 2 aromatic heterocycles. The molecule has 122 valence electrons. The number of H-pyrrole nitrogens is 1. The molecular formula is C15H17N3O4S. The second-order valence-corrected chi connectivity index (χ2v) is 5.90. The molecule has 0 aliphatic rings. The van der Waals surface area contributed by atoms with Crippen LogP contribution in [0.25, 0.3) is 0 Å². The Hall–Kier alpha value is -2.48. The lowest BCUT2D eigenvalue weighted by Crippen LogP contribution is -2.18. The zero-order valence-corrected chi connectivity index (χ0v) is 13.9. The molecule has 2 aromatic rings. The van der Waals surface area contributed by atoms with Crippen LogP contribution in [0.1, 0.15) is 45.1 Å². The fraction of sp³-hybridized carbons (Fsp3) is 0.333. The van der Waals surface area contributed by atoms with Crippen LogP contribution in [0, 0.1) is 6.92 Å². The Morgan fingerprint density at radius 3 is 2.65 bits per heavy atom. The smallest absolute Gasteiger partial charge is 0.341 e. The van der Waals surface area contributed by atoms with E-state index in [9.17, 15) is 14.4 Å². The molecule has 0 fully saturated rings. The van der Waals surface area contributed by atoms with E-state index in [1.165, 1.54) is 23.5 Å². The lowest BCUT2D eigenvalue weighted by Gasteiger charge is -2.07. The van der Waals surface area contributed by atoms with Crippen LogP contribution >= 0.6 is 11.3 Å². The highest BCUT2D eigenvalue weighted by atomic mass is 32.1. The van der Waals surface area contributed by atoms with E-state index in [1.54, 1.807) is 6.92 Å². The van der Waals surface area contributed by atoms with Crippen molar-refractivity contribution in [1.29, 1.82) is 0 Å². The van der Waals surface area contributed by atoms with Crippen LogP contribution in [0.5, 0.6) is 0 Å². The summed E-state index contributed by atoms with van der Waals surface area (Å²) in [5, 5.41) is 8.97. The van der Waals surface area contributed by atoms with Gasteiger partial charge in [-0.1, -0.05) is 6.92 Å². The van der Waals surface area contributed by atoms with Gasteiger partial charge in [-0.25, -0.2) is 9.89 Å².